The lowest BCUT2D eigenvalue weighted by molar-refractivity contribution is -0.134. The summed E-state index contributed by atoms with van der Waals surface area (Å²) in [5, 5.41) is 19.3. The maximum absolute atomic E-state index is 13.8. The first-order valence-corrected chi connectivity index (χ1v) is 17.1. The van der Waals surface area contributed by atoms with Crippen molar-refractivity contribution in [1.29, 1.82) is 0 Å². The maximum atomic E-state index is 13.8. The van der Waals surface area contributed by atoms with Gasteiger partial charge in [0.1, 0.15) is 34.5 Å². The van der Waals surface area contributed by atoms with E-state index in [0.29, 0.717) is 40.7 Å². The number of rotatable bonds is 10. The molecule has 6 rings (SSSR count). The quantitative estimate of drug-likeness (QED) is 0.0628. The predicted octanol–water partition coefficient (Wildman–Crippen LogP) is 8.03. The number of hydrogen-bond acceptors (Lipinski definition) is 10. The Morgan fingerprint density at radius 2 is 1.52 bits per heavy atom. The normalized spacial score (nSPS) is 14.7. The number of amides is 1. The largest absolute Gasteiger partial charge is 0.507 e. The van der Waals surface area contributed by atoms with E-state index in [2.05, 4.69) is 4.98 Å². The number of Topliss-reactive ketones (excluding diaryl/α,β-unsaturated/α-hetero) is 1. The average Bonchev–Trinajstić information content (AvgIpc) is 3.64. The molecule has 52 heavy (non-hydrogen) atoms. The molecule has 1 saturated heterocycles. The molecule has 1 unspecified atom stereocenters. The Kier molecular flexibility index (Phi) is 11.8. The minimum absolute atomic E-state index is 0.122. The first-order chi connectivity index (χ1) is 25.0. The topological polar surface area (TPSA) is 153 Å². The lowest BCUT2D eigenvalue weighted by atomic mass is 9.94. The van der Waals surface area contributed by atoms with Gasteiger partial charge in [-0.1, -0.05) is 72.0 Å². The van der Waals surface area contributed by atoms with Crippen LogP contribution in [0.4, 0.5) is 5.13 Å². The molecule has 1 aliphatic heterocycles. The number of carboxylic acids is 1. The van der Waals surface area contributed by atoms with E-state index in [4.69, 9.17) is 24.1 Å². The van der Waals surface area contributed by atoms with Gasteiger partial charge >= 0.3 is 11.9 Å². The number of hydrogen-bond donors (Lipinski definition) is 2. The number of ketones is 1. The van der Waals surface area contributed by atoms with Crippen LogP contribution in [0.15, 0.2) is 109 Å². The number of anilines is 1. The maximum Gasteiger partial charge on any atom is 0.350 e. The summed E-state index contributed by atoms with van der Waals surface area (Å²) in [5.41, 5.74) is 2.80. The minimum Gasteiger partial charge on any atom is -0.507 e. The number of carbonyl (C=O) groups is 4. The van der Waals surface area contributed by atoms with Gasteiger partial charge in [0.2, 0.25) is 0 Å². The van der Waals surface area contributed by atoms with Gasteiger partial charge in [0.15, 0.2) is 5.13 Å². The van der Waals surface area contributed by atoms with Crippen molar-refractivity contribution in [1.82, 2.24) is 4.98 Å². The van der Waals surface area contributed by atoms with Crippen molar-refractivity contribution < 1.29 is 43.6 Å². The van der Waals surface area contributed by atoms with Gasteiger partial charge < -0.3 is 24.4 Å². The number of aliphatic carboxylic acids is 1. The van der Waals surface area contributed by atoms with Crippen LogP contribution >= 0.6 is 11.3 Å². The molecule has 2 N–H and O–H groups in total. The molecule has 266 valence electrons. The number of aryl methyl sites for hydroxylation is 2. The second-order valence-corrected chi connectivity index (χ2v) is 12.5. The number of carbonyl (C=O) groups excluding carboxylic acids is 3. The van der Waals surface area contributed by atoms with E-state index in [9.17, 15) is 19.5 Å². The molecule has 1 amide bonds. The van der Waals surface area contributed by atoms with Gasteiger partial charge in [-0.25, -0.2) is 9.78 Å². The van der Waals surface area contributed by atoms with Crippen LogP contribution in [0.25, 0.3) is 5.76 Å². The number of ether oxygens (including phenoxy) is 3. The van der Waals surface area contributed by atoms with Crippen LogP contribution in [0, 0.1) is 13.8 Å². The van der Waals surface area contributed by atoms with Crippen LogP contribution in [0.2, 0.25) is 0 Å². The van der Waals surface area contributed by atoms with Crippen LogP contribution in [0.3, 0.4) is 0 Å². The van der Waals surface area contributed by atoms with Crippen LogP contribution in [0.1, 0.15) is 57.5 Å². The first kappa shape index (κ1) is 37.0. The van der Waals surface area contributed by atoms with Gasteiger partial charge in [-0.05, 0) is 79.9 Å². The summed E-state index contributed by atoms with van der Waals surface area (Å²) in [6, 6.07) is 29.9. The van der Waals surface area contributed by atoms with E-state index in [1.54, 1.807) is 56.3 Å². The van der Waals surface area contributed by atoms with E-state index in [1.807, 2.05) is 67.6 Å². The third-order valence-electron chi connectivity index (χ3n) is 7.73. The number of aliphatic hydroxyl groups excluding tert-OH is 1. The van der Waals surface area contributed by atoms with E-state index >= 15 is 0 Å². The molecule has 0 radical (unpaired) electrons. The zero-order valence-corrected chi connectivity index (χ0v) is 29.7. The zero-order chi connectivity index (χ0) is 37.4. The number of aromatic nitrogens is 1. The summed E-state index contributed by atoms with van der Waals surface area (Å²) in [6.07, 6.45) is 0. The number of esters is 1. The smallest absolute Gasteiger partial charge is 0.350 e. The molecule has 11 nitrogen and oxygen atoms in total. The Bertz CT molecular complexity index is 2120. The SMILES string of the molecule is CC(=O)O.CCOC(=O)c1sc(N2C(=O)C(=O)/C(=C(/O)c3ccc(OCc4ccccc4)c(C)c3)C2c2cccc(Oc3ccccc3)c2)nc1C. The predicted molar refractivity (Wildman–Crippen MR) is 196 cm³/mol. The fourth-order valence-corrected chi connectivity index (χ4v) is 6.43. The highest BCUT2D eigenvalue weighted by Crippen LogP contribution is 2.45. The van der Waals surface area contributed by atoms with Gasteiger partial charge in [0.25, 0.3) is 11.8 Å². The summed E-state index contributed by atoms with van der Waals surface area (Å²) >= 11 is 0.949. The summed E-state index contributed by atoms with van der Waals surface area (Å²) in [7, 11) is 0. The minimum atomic E-state index is -1.08. The second kappa shape index (κ2) is 16.6. The Morgan fingerprint density at radius 3 is 2.17 bits per heavy atom. The number of thiazole rings is 1. The lowest BCUT2D eigenvalue weighted by Gasteiger charge is -2.23. The fourth-order valence-electron chi connectivity index (χ4n) is 5.44. The number of benzene rings is 4. The molecule has 1 aromatic heterocycles. The molecule has 0 bridgehead atoms. The summed E-state index contributed by atoms with van der Waals surface area (Å²) in [5.74, 6) is -1.87. The molecule has 1 aliphatic rings. The van der Waals surface area contributed by atoms with E-state index in [1.165, 1.54) is 4.90 Å². The molecule has 1 fully saturated rings. The van der Waals surface area contributed by atoms with E-state index in [0.717, 1.165) is 29.4 Å². The number of carboxylic acid groups (broad SMARTS) is 1. The summed E-state index contributed by atoms with van der Waals surface area (Å²) in [4.78, 5) is 55.2. The molecule has 0 spiro atoms. The highest BCUT2D eigenvalue weighted by molar-refractivity contribution is 7.17. The molecule has 2 heterocycles. The van der Waals surface area contributed by atoms with Crippen molar-refractivity contribution in [2.75, 3.05) is 11.5 Å². The number of para-hydroxylation sites is 1. The van der Waals surface area contributed by atoms with Gasteiger partial charge in [-0.2, -0.15) is 0 Å². The summed E-state index contributed by atoms with van der Waals surface area (Å²) in [6.45, 7) is 6.78. The monoisotopic (exact) mass is 720 g/mol. The van der Waals surface area contributed by atoms with Gasteiger partial charge in [0, 0.05) is 12.5 Å². The second-order valence-electron chi connectivity index (χ2n) is 11.6. The van der Waals surface area contributed by atoms with Crippen molar-refractivity contribution in [3.63, 3.8) is 0 Å². The van der Waals surface area contributed by atoms with Crippen molar-refractivity contribution in [3.8, 4) is 17.2 Å². The average molecular weight is 721 g/mol. The Hall–Kier alpha value is -6.27. The highest BCUT2D eigenvalue weighted by atomic mass is 32.1. The van der Waals surface area contributed by atoms with Crippen LogP contribution in [0.5, 0.6) is 17.2 Å². The van der Waals surface area contributed by atoms with Crippen molar-refractivity contribution in [2.24, 2.45) is 0 Å². The molecule has 0 aliphatic carbocycles. The molecule has 12 heteroatoms. The van der Waals surface area contributed by atoms with E-state index in [-0.39, 0.29) is 27.9 Å². The van der Waals surface area contributed by atoms with Crippen molar-refractivity contribution in [2.45, 2.75) is 40.3 Å². The van der Waals surface area contributed by atoms with Gasteiger partial charge in [0.05, 0.1) is 23.9 Å². The van der Waals surface area contributed by atoms with Crippen LogP contribution < -0.4 is 14.4 Å². The highest BCUT2D eigenvalue weighted by Gasteiger charge is 2.48. The number of nitrogens with zero attached hydrogens (tertiary/aromatic N) is 2. The molecule has 0 saturated carbocycles. The van der Waals surface area contributed by atoms with Gasteiger partial charge in [-0.15, -0.1) is 0 Å². The lowest BCUT2D eigenvalue weighted by Crippen LogP contribution is -2.29. The van der Waals surface area contributed by atoms with E-state index < -0.39 is 29.7 Å². The molecule has 5 aromatic rings. The molecular weight excluding hydrogens is 685 g/mol. The van der Waals surface area contributed by atoms with Crippen molar-refractivity contribution >= 4 is 45.9 Å². The third-order valence-corrected chi connectivity index (χ3v) is 8.87. The Balaban J connectivity index is 0.00000124. The standard InChI is InChI=1S/C38H32N2O7S.C2H4O2/c1-4-45-37(44)35-24(3)39-38(48-35)40-32(26-14-11-17-29(21-26)47-28-15-9-6-10-16-28)31(34(42)36(40)43)33(41)27-18-19-30(23(2)20-27)46-22-25-12-7-5-8-13-25;1-2(3)4/h5-21,32,41H,4,22H2,1-3H3;1H3,(H,3,4)/b33-31+;. The molecule has 1 atom stereocenters. The van der Waals surface area contributed by atoms with Gasteiger partial charge in [-0.3, -0.25) is 19.3 Å². The first-order valence-electron chi connectivity index (χ1n) is 16.2. The summed E-state index contributed by atoms with van der Waals surface area (Å²) < 4.78 is 17.3. The Morgan fingerprint density at radius 1 is 0.865 bits per heavy atom. The zero-order valence-electron chi connectivity index (χ0n) is 28.9. The fraction of sp³-hybridized carbons (Fsp3) is 0.175. The molecular formula is C40H36N2O9S. The third kappa shape index (κ3) is 8.53. The number of aliphatic hydroxyl groups is 1. The van der Waals surface area contributed by atoms with Crippen LogP contribution in [-0.2, 0) is 25.7 Å². The molecule has 4 aromatic carbocycles. The van der Waals surface area contributed by atoms with Crippen molar-refractivity contribution in [3.05, 3.63) is 142 Å². The Labute approximate surface area is 304 Å². The van der Waals surface area contributed by atoms with Crippen LogP contribution in [-0.4, -0.2) is 45.4 Å².